The summed E-state index contributed by atoms with van der Waals surface area (Å²) in [6.45, 7) is 7.97. The third-order valence-electron chi connectivity index (χ3n) is 4.54. The summed E-state index contributed by atoms with van der Waals surface area (Å²) in [6.07, 6.45) is 0. The quantitative estimate of drug-likeness (QED) is 0.613. The highest BCUT2D eigenvalue weighted by Crippen LogP contribution is 2.41. The van der Waals surface area contributed by atoms with Gasteiger partial charge in [-0.2, -0.15) is 0 Å². The molecule has 150 valence electrons. The zero-order valence-corrected chi connectivity index (χ0v) is 16.9. The molecule has 6 heteroatoms. The highest BCUT2D eigenvalue weighted by atomic mass is 16.5. The van der Waals surface area contributed by atoms with Crippen molar-refractivity contribution < 1.29 is 24.1 Å². The Kier molecular flexibility index (Phi) is 6.93. The van der Waals surface area contributed by atoms with Crippen LogP contribution in [0.15, 0.2) is 48.6 Å². The molecule has 0 aliphatic heterocycles. The van der Waals surface area contributed by atoms with E-state index >= 15 is 0 Å². The van der Waals surface area contributed by atoms with Crippen LogP contribution in [0, 0.1) is 0 Å². The zero-order valence-electron chi connectivity index (χ0n) is 16.9. The number of hydrogen-bond acceptors (Lipinski definition) is 5. The van der Waals surface area contributed by atoms with Gasteiger partial charge in [0.25, 0.3) is 0 Å². The molecular formula is C22H27NO5. The van der Waals surface area contributed by atoms with Crippen molar-refractivity contribution in [3.05, 3.63) is 59.7 Å². The summed E-state index contributed by atoms with van der Waals surface area (Å²) in [6, 6.07) is 10.7. The van der Waals surface area contributed by atoms with Crippen LogP contribution in [-0.4, -0.2) is 32.4 Å². The topological polar surface area (TPSA) is 77.0 Å². The fourth-order valence-electron chi connectivity index (χ4n) is 2.90. The third-order valence-corrected chi connectivity index (χ3v) is 4.54. The number of hydrogen-bond donors (Lipinski definition) is 2. The second-order valence-electron chi connectivity index (χ2n) is 6.64. The van der Waals surface area contributed by atoms with Gasteiger partial charge in [0.15, 0.2) is 11.5 Å². The molecule has 2 N–H and O–H groups in total. The van der Waals surface area contributed by atoms with Gasteiger partial charge in [0.2, 0.25) is 5.75 Å². The second kappa shape index (κ2) is 9.17. The Bertz CT molecular complexity index is 818. The lowest BCUT2D eigenvalue weighted by molar-refractivity contribution is -0.132. The van der Waals surface area contributed by atoms with Crippen LogP contribution in [-0.2, 0) is 4.79 Å². The molecule has 0 saturated carbocycles. The average Bonchev–Trinajstić information content (AvgIpc) is 2.70. The molecule has 0 radical (unpaired) electrons. The summed E-state index contributed by atoms with van der Waals surface area (Å²) in [5, 5.41) is 12.7. The van der Waals surface area contributed by atoms with Gasteiger partial charge >= 0.3 is 5.97 Å². The van der Waals surface area contributed by atoms with Gasteiger partial charge in [0, 0.05) is 17.8 Å². The van der Waals surface area contributed by atoms with Crippen molar-refractivity contribution >= 4 is 11.7 Å². The summed E-state index contributed by atoms with van der Waals surface area (Å²) >= 11 is 0. The van der Waals surface area contributed by atoms with Gasteiger partial charge in [-0.05, 0) is 17.0 Å². The largest absolute Gasteiger partial charge is 0.493 e. The molecule has 0 aliphatic rings. The predicted octanol–water partition coefficient (Wildman–Crippen LogP) is 4.63. The molecule has 0 spiro atoms. The molecule has 0 fully saturated rings. The Hall–Kier alpha value is -3.15. The molecule has 2 aromatic carbocycles. The van der Waals surface area contributed by atoms with Crippen LogP contribution in [0.5, 0.6) is 17.2 Å². The number of aliphatic carboxylic acids is 1. The van der Waals surface area contributed by atoms with E-state index in [-0.39, 0.29) is 5.57 Å². The van der Waals surface area contributed by atoms with Crippen molar-refractivity contribution in [3.63, 3.8) is 0 Å². The van der Waals surface area contributed by atoms with Crippen molar-refractivity contribution in [2.45, 2.75) is 25.8 Å². The first-order chi connectivity index (χ1) is 13.3. The molecule has 28 heavy (non-hydrogen) atoms. The smallest absolute Gasteiger partial charge is 0.333 e. The van der Waals surface area contributed by atoms with Crippen LogP contribution in [0.25, 0.3) is 0 Å². The number of carbonyl (C=O) groups is 1. The van der Waals surface area contributed by atoms with E-state index in [0.29, 0.717) is 28.9 Å². The Morgan fingerprint density at radius 3 is 1.86 bits per heavy atom. The van der Waals surface area contributed by atoms with Crippen LogP contribution >= 0.6 is 0 Å². The first kappa shape index (κ1) is 21.2. The number of benzene rings is 2. The maximum Gasteiger partial charge on any atom is 0.333 e. The minimum Gasteiger partial charge on any atom is -0.493 e. The second-order valence-corrected chi connectivity index (χ2v) is 6.64. The normalized spacial score (nSPS) is 11.6. The van der Waals surface area contributed by atoms with Gasteiger partial charge in [0.1, 0.15) is 0 Å². The Balaban J connectivity index is 2.46. The van der Waals surface area contributed by atoms with Crippen LogP contribution in [0.3, 0.4) is 0 Å². The average molecular weight is 385 g/mol. The van der Waals surface area contributed by atoms with Crippen molar-refractivity contribution in [1.29, 1.82) is 0 Å². The number of carboxylic acids is 1. The number of nitrogens with one attached hydrogen (secondary N) is 1. The number of ether oxygens (including phenoxy) is 3. The minimum atomic E-state index is -1.07. The third kappa shape index (κ3) is 4.57. The van der Waals surface area contributed by atoms with Crippen LogP contribution < -0.4 is 19.5 Å². The molecule has 0 saturated heterocycles. The monoisotopic (exact) mass is 385 g/mol. The van der Waals surface area contributed by atoms with Crippen molar-refractivity contribution in [2.24, 2.45) is 0 Å². The molecule has 1 atom stereocenters. The molecule has 0 heterocycles. The summed E-state index contributed by atoms with van der Waals surface area (Å²) in [7, 11) is 4.58. The van der Waals surface area contributed by atoms with Gasteiger partial charge in [-0.15, -0.1) is 0 Å². The van der Waals surface area contributed by atoms with E-state index in [4.69, 9.17) is 14.2 Å². The maximum absolute atomic E-state index is 11.6. The van der Waals surface area contributed by atoms with E-state index in [2.05, 4.69) is 25.7 Å². The summed E-state index contributed by atoms with van der Waals surface area (Å²) in [4.78, 5) is 11.6. The SMILES string of the molecule is C=C(C(=O)O)C(Nc1cc(OC)c(OC)c(OC)c1)c1ccc(C(C)C)cc1. The molecule has 1 unspecified atom stereocenters. The van der Waals surface area contributed by atoms with Gasteiger partial charge in [-0.1, -0.05) is 44.7 Å². The van der Waals surface area contributed by atoms with Crippen molar-refractivity contribution in [3.8, 4) is 17.2 Å². The van der Waals surface area contributed by atoms with E-state index in [9.17, 15) is 9.90 Å². The van der Waals surface area contributed by atoms with E-state index in [1.807, 2.05) is 24.3 Å². The minimum absolute atomic E-state index is 0.0334. The van der Waals surface area contributed by atoms with E-state index in [0.717, 1.165) is 5.56 Å². The molecule has 6 nitrogen and oxygen atoms in total. The molecular weight excluding hydrogens is 358 g/mol. The van der Waals surface area contributed by atoms with Gasteiger partial charge in [-0.25, -0.2) is 4.79 Å². The van der Waals surface area contributed by atoms with Crippen molar-refractivity contribution in [1.82, 2.24) is 0 Å². The lowest BCUT2D eigenvalue weighted by Crippen LogP contribution is -2.18. The van der Waals surface area contributed by atoms with E-state index in [1.54, 1.807) is 12.1 Å². The fraction of sp³-hybridized carbons (Fsp3) is 0.318. The highest BCUT2D eigenvalue weighted by molar-refractivity contribution is 5.88. The molecule has 2 aromatic rings. The first-order valence-corrected chi connectivity index (χ1v) is 8.90. The van der Waals surface area contributed by atoms with Gasteiger partial charge < -0.3 is 24.6 Å². The Labute approximate surface area is 165 Å². The highest BCUT2D eigenvalue weighted by Gasteiger charge is 2.22. The van der Waals surface area contributed by atoms with Gasteiger partial charge in [-0.3, -0.25) is 0 Å². The van der Waals surface area contributed by atoms with Crippen LogP contribution in [0.2, 0.25) is 0 Å². The Morgan fingerprint density at radius 2 is 1.46 bits per heavy atom. The first-order valence-electron chi connectivity index (χ1n) is 8.90. The van der Waals surface area contributed by atoms with Gasteiger partial charge in [0.05, 0.1) is 32.9 Å². The number of anilines is 1. The van der Waals surface area contributed by atoms with E-state index in [1.165, 1.54) is 26.9 Å². The standard InChI is InChI=1S/C22H27NO5/c1-13(2)15-7-9-16(10-8-15)20(14(3)22(24)25)23-17-11-18(26-4)21(28-6)19(12-17)27-5/h7-13,20,23H,3H2,1-2,4-6H3,(H,24,25). The molecule has 0 aromatic heterocycles. The number of carboxylic acid groups (broad SMARTS) is 1. The fourth-order valence-corrected chi connectivity index (χ4v) is 2.90. The Morgan fingerprint density at radius 1 is 0.964 bits per heavy atom. The molecule has 0 bridgehead atoms. The molecule has 0 aliphatic carbocycles. The maximum atomic E-state index is 11.6. The summed E-state index contributed by atoms with van der Waals surface area (Å²) in [5.74, 6) is 0.722. The molecule has 0 amide bonds. The van der Waals surface area contributed by atoms with Crippen LogP contribution in [0.1, 0.15) is 36.9 Å². The summed E-state index contributed by atoms with van der Waals surface area (Å²) < 4.78 is 16.1. The zero-order chi connectivity index (χ0) is 20.8. The predicted molar refractivity (Wildman–Crippen MR) is 110 cm³/mol. The lowest BCUT2D eigenvalue weighted by Gasteiger charge is -2.23. The van der Waals surface area contributed by atoms with E-state index < -0.39 is 12.0 Å². The molecule has 2 rings (SSSR count). The number of methoxy groups -OCH3 is 3. The number of rotatable bonds is 9. The summed E-state index contributed by atoms with van der Waals surface area (Å²) in [5.41, 5.74) is 2.63. The van der Waals surface area contributed by atoms with Crippen molar-refractivity contribution in [2.75, 3.05) is 26.6 Å². The lowest BCUT2D eigenvalue weighted by atomic mass is 9.95. The van der Waals surface area contributed by atoms with Crippen LogP contribution in [0.4, 0.5) is 5.69 Å².